The molecule has 2 aromatic carbocycles. The van der Waals surface area contributed by atoms with Gasteiger partial charge in [0.15, 0.2) is 0 Å². The highest BCUT2D eigenvalue weighted by Crippen LogP contribution is 2.21. The fraction of sp³-hybridized carbons (Fsp3) is 0.222. The van der Waals surface area contributed by atoms with E-state index < -0.39 is 27.7 Å². The van der Waals surface area contributed by atoms with Crippen LogP contribution in [0.4, 0.5) is 10.1 Å². The summed E-state index contributed by atoms with van der Waals surface area (Å²) in [6.45, 7) is 0.995. The third-order valence-corrected chi connectivity index (χ3v) is 6.22. The lowest BCUT2D eigenvalue weighted by molar-refractivity contribution is 0.0992. The van der Waals surface area contributed by atoms with E-state index in [0.717, 1.165) is 25.0 Å². The van der Waals surface area contributed by atoms with Crippen LogP contribution in [0.2, 0.25) is 0 Å². The molecule has 1 saturated heterocycles. The normalized spacial score (nSPS) is 14.9. The Labute approximate surface area is 156 Å². The third-order valence-electron chi connectivity index (χ3n) is 4.31. The van der Waals surface area contributed by atoms with Gasteiger partial charge in [-0.05, 0) is 55.3 Å². The number of hydrogen-bond donors (Lipinski definition) is 2. The van der Waals surface area contributed by atoms with Gasteiger partial charge in [-0.3, -0.25) is 9.59 Å². The van der Waals surface area contributed by atoms with Gasteiger partial charge in [0, 0.05) is 24.3 Å². The number of hydrogen-bond acceptors (Lipinski definition) is 4. The van der Waals surface area contributed by atoms with Gasteiger partial charge in [-0.1, -0.05) is 0 Å². The van der Waals surface area contributed by atoms with Gasteiger partial charge < -0.3 is 11.1 Å². The minimum Gasteiger partial charge on any atom is -0.366 e. The monoisotopic (exact) mass is 391 g/mol. The Balaban J connectivity index is 1.76. The molecule has 0 spiro atoms. The second kappa shape index (κ2) is 7.45. The largest absolute Gasteiger partial charge is 0.366 e. The van der Waals surface area contributed by atoms with Crippen LogP contribution in [0.5, 0.6) is 0 Å². The molecule has 0 atom stereocenters. The Morgan fingerprint density at radius 1 is 1.04 bits per heavy atom. The molecule has 9 heteroatoms. The van der Waals surface area contributed by atoms with Crippen molar-refractivity contribution in [2.24, 2.45) is 5.73 Å². The molecule has 7 nitrogen and oxygen atoms in total. The van der Waals surface area contributed by atoms with Gasteiger partial charge in [-0.2, -0.15) is 4.31 Å². The first-order valence-corrected chi connectivity index (χ1v) is 9.74. The molecule has 27 heavy (non-hydrogen) atoms. The number of halogens is 1. The van der Waals surface area contributed by atoms with Crippen LogP contribution in [0, 0.1) is 5.82 Å². The van der Waals surface area contributed by atoms with Gasteiger partial charge in [0.05, 0.1) is 10.5 Å². The molecule has 1 aliphatic rings. The molecule has 0 radical (unpaired) electrons. The quantitative estimate of drug-likeness (QED) is 0.812. The summed E-state index contributed by atoms with van der Waals surface area (Å²) in [6, 6.07) is 9.02. The summed E-state index contributed by atoms with van der Waals surface area (Å²) < 4.78 is 39.9. The minimum atomic E-state index is -3.55. The number of nitrogens with one attached hydrogen (secondary N) is 1. The maximum atomic E-state index is 13.5. The molecule has 1 fully saturated rings. The van der Waals surface area contributed by atoms with E-state index >= 15 is 0 Å². The van der Waals surface area contributed by atoms with Crippen molar-refractivity contribution in [3.8, 4) is 0 Å². The van der Waals surface area contributed by atoms with Crippen molar-refractivity contribution in [3.63, 3.8) is 0 Å². The molecule has 2 aromatic rings. The van der Waals surface area contributed by atoms with E-state index in [1.54, 1.807) is 0 Å². The number of nitrogens with zero attached hydrogens (tertiary/aromatic N) is 1. The molecule has 1 heterocycles. The molecular formula is C18H18FN3O4S. The molecule has 1 aliphatic heterocycles. The number of rotatable bonds is 5. The zero-order valence-corrected chi connectivity index (χ0v) is 15.1. The van der Waals surface area contributed by atoms with Crippen molar-refractivity contribution in [2.75, 3.05) is 18.4 Å². The Morgan fingerprint density at radius 2 is 1.67 bits per heavy atom. The van der Waals surface area contributed by atoms with E-state index in [1.807, 2.05) is 0 Å². The number of sulfonamides is 1. The van der Waals surface area contributed by atoms with E-state index in [-0.39, 0.29) is 21.7 Å². The molecule has 0 saturated carbocycles. The fourth-order valence-corrected chi connectivity index (χ4v) is 4.37. The van der Waals surface area contributed by atoms with Crippen LogP contribution in [0.15, 0.2) is 47.4 Å². The highest BCUT2D eigenvalue weighted by atomic mass is 32.2. The first-order chi connectivity index (χ1) is 12.8. The standard InChI is InChI=1S/C18H18FN3O4S/c19-16-8-5-13(11-15(16)17(20)23)21-18(24)12-3-6-14(7-4-12)27(25,26)22-9-1-2-10-22/h3-8,11H,1-2,9-10H2,(H2,20,23)(H,21,24). The van der Waals surface area contributed by atoms with Crippen LogP contribution in [-0.4, -0.2) is 37.6 Å². The van der Waals surface area contributed by atoms with Gasteiger partial charge in [0.2, 0.25) is 10.0 Å². The van der Waals surface area contributed by atoms with Crippen LogP contribution >= 0.6 is 0 Å². The van der Waals surface area contributed by atoms with E-state index in [2.05, 4.69) is 5.32 Å². The first kappa shape index (κ1) is 19.0. The number of benzene rings is 2. The lowest BCUT2D eigenvalue weighted by Crippen LogP contribution is -2.27. The SMILES string of the molecule is NC(=O)c1cc(NC(=O)c2ccc(S(=O)(=O)N3CCCC3)cc2)ccc1F. The molecule has 0 aliphatic carbocycles. The van der Waals surface area contributed by atoms with Crippen molar-refractivity contribution in [1.82, 2.24) is 4.31 Å². The highest BCUT2D eigenvalue weighted by Gasteiger charge is 2.27. The summed E-state index contributed by atoms with van der Waals surface area (Å²) in [5.41, 5.74) is 5.17. The van der Waals surface area contributed by atoms with E-state index in [1.165, 1.54) is 34.6 Å². The van der Waals surface area contributed by atoms with Gasteiger partial charge in [-0.15, -0.1) is 0 Å². The molecule has 0 unspecified atom stereocenters. The number of carbonyl (C=O) groups is 2. The first-order valence-electron chi connectivity index (χ1n) is 8.30. The van der Waals surface area contributed by atoms with Gasteiger partial charge >= 0.3 is 0 Å². The molecule has 0 bridgehead atoms. The van der Waals surface area contributed by atoms with Crippen molar-refractivity contribution in [2.45, 2.75) is 17.7 Å². The molecule has 3 rings (SSSR count). The summed E-state index contributed by atoms with van der Waals surface area (Å²) in [5, 5.41) is 2.52. The van der Waals surface area contributed by atoms with Crippen molar-refractivity contribution in [1.29, 1.82) is 0 Å². The number of amides is 2. The fourth-order valence-electron chi connectivity index (χ4n) is 2.85. The highest BCUT2D eigenvalue weighted by molar-refractivity contribution is 7.89. The predicted molar refractivity (Wildman–Crippen MR) is 97.3 cm³/mol. The minimum absolute atomic E-state index is 0.124. The Kier molecular flexibility index (Phi) is 5.24. The van der Waals surface area contributed by atoms with Crippen LogP contribution < -0.4 is 11.1 Å². The maximum absolute atomic E-state index is 13.5. The molecule has 0 aromatic heterocycles. The number of primary amides is 1. The van der Waals surface area contributed by atoms with Crippen LogP contribution in [0.1, 0.15) is 33.6 Å². The molecule has 3 N–H and O–H groups in total. The smallest absolute Gasteiger partial charge is 0.255 e. The topological polar surface area (TPSA) is 110 Å². The lowest BCUT2D eigenvalue weighted by atomic mass is 10.1. The van der Waals surface area contributed by atoms with Gasteiger partial charge in [0.25, 0.3) is 11.8 Å². The van der Waals surface area contributed by atoms with Crippen molar-refractivity contribution >= 4 is 27.5 Å². The van der Waals surface area contributed by atoms with Crippen molar-refractivity contribution in [3.05, 3.63) is 59.4 Å². The van der Waals surface area contributed by atoms with Crippen LogP contribution in [-0.2, 0) is 10.0 Å². The summed E-state index contributed by atoms with van der Waals surface area (Å²) in [7, 11) is -3.55. The summed E-state index contributed by atoms with van der Waals surface area (Å²) in [6.07, 6.45) is 1.68. The molecule has 2 amide bonds. The number of carbonyl (C=O) groups excluding carboxylic acids is 2. The zero-order valence-electron chi connectivity index (χ0n) is 14.3. The average Bonchev–Trinajstić information content (AvgIpc) is 3.19. The second-order valence-electron chi connectivity index (χ2n) is 6.15. The van der Waals surface area contributed by atoms with E-state index in [4.69, 9.17) is 5.73 Å². The van der Waals surface area contributed by atoms with Crippen LogP contribution in [0.25, 0.3) is 0 Å². The Morgan fingerprint density at radius 3 is 2.26 bits per heavy atom. The van der Waals surface area contributed by atoms with E-state index in [9.17, 15) is 22.4 Å². The van der Waals surface area contributed by atoms with Gasteiger partial charge in [-0.25, -0.2) is 12.8 Å². The maximum Gasteiger partial charge on any atom is 0.255 e. The summed E-state index contributed by atoms with van der Waals surface area (Å²) in [4.78, 5) is 23.6. The molecular weight excluding hydrogens is 373 g/mol. The lowest BCUT2D eigenvalue weighted by Gasteiger charge is -2.15. The predicted octanol–water partition coefficient (Wildman–Crippen LogP) is 1.96. The molecule has 142 valence electrons. The zero-order chi connectivity index (χ0) is 19.6. The summed E-state index contributed by atoms with van der Waals surface area (Å²) in [5.74, 6) is -2.25. The summed E-state index contributed by atoms with van der Waals surface area (Å²) >= 11 is 0. The third kappa shape index (κ3) is 3.99. The number of anilines is 1. The van der Waals surface area contributed by atoms with Crippen molar-refractivity contribution < 1.29 is 22.4 Å². The van der Waals surface area contributed by atoms with E-state index in [0.29, 0.717) is 13.1 Å². The Bertz CT molecular complexity index is 984. The van der Waals surface area contributed by atoms with Crippen LogP contribution in [0.3, 0.4) is 0 Å². The Hall–Kier alpha value is -2.78. The van der Waals surface area contributed by atoms with Gasteiger partial charge in [0.1, 0.15) is 5.82 Å². The second-order valence-corrected chi connectivity index (χ2v) is 8.09. The number of nitrogens with two attached hydrogens (primary N) is 1. The average molecular weight is 391 g/mol.